The third kappa shape index (κ3) is 2.29. The predicted molar refractivity (Wildman–Crippen MR) is 78.9 cm³/mol. The van der Waals surface area contributed by atoms with Crippen LogP contribution in [0, 0.1) is 0 Å². The van der Waals surface area contributed by atoms with E-state index >= 15 is 0 Å². The Bertz CT molecular complexity index is 898. The molecule has 0 aliphatic carbocycles. The second kappa shape index (κ2) is 5.16. The van der Waals surface area contributed by atoms with E-state index in [0.717, 1.165) is 18.2 Å². The predicted octanol–water partition coefficient (Wildman–Crippen LogP) is -0.524. The Morgan fingerprint density at radius 1 is 1.18 bits per heavy atom. The maximum absolute atomic E-state index is 11.0. The molecule has 2 aromatic heterocycles. The first kappa shape index (κ1) is 14.1. The summed E-state index contributed by atoms with van der Waals surface area (Å²) in [7, 11) is -4.44. The Labute approximate surface area is 123 Å². The molecule has 2 aliphatic rings. The van der Waals surface area contributed by atoms with Gasteiger partial charge in [-0.25, -0.2) is 34.9 Å². The number of fused-ring (bicyclic) bond motifs is 2. The highest BCUT2D eigenvalue weighted by Gasteiger charge is 2.50. The quantitative estimate of drug-likeness (QED) is 0.672. The molecule has 4 rings (SSSR count). The number of rotatable bonds is 1. The Morgan fingerprint density at radius 2 is 2.00 bits per heavy atom. The average molecular weight is 320 g/mol. The molecule has 0 saturated carbocycles. The van der Waals surface area contributed by atoms with Crippen molar-refractivity contribution < 1.29 is 13.0 Å². The number of aliphatic imine (C=N–C) groups is 4. The van der Waals surface area contributed by atoms with Crippen LogP contribution in [0.25, 0.3) is 11.2 Å². The summed E-state index contributed by atoms with van der Waals surface area (Å²) in [4.78, 5) is 26.7. The molecule has 0 bridgehead atoms. The molecule has 0 saturated heterocycles. The van der Waals surface area contributed by atoms with Crippen molar-refractivity contribution in [2.24, 2.45) is 20.0 Å². The molecule has 2 aromatic rings. The zero-order valence-corrected chi connectivity index (χ0v) is 11.6. The van der Waals surface area contributed by atoms with Crippen molar-refractivity contribution in [2.75, 3.05) is 0 Å². The first-order valence-corrected chi connectivity index (χ1v) is 7.22. The standard InChI is InChI=1S/C5H4N4O3S.C5H4N4/c10-13(11,12)5-4(7-3-9-5)1-6-2-8-5;1-4-5(8-2-6-1)9-3-7-4/h1-3H,(H,10,11,12);1-3H,(H,6,7,8,9). The summed E-state index contributed by atoms with van der Waals surface area (Å²) in [6.45, 7) is 0. The van der Waals surface area contributed by atoms with Gasteiger partial charge >= 0.3 is 15.1 Å². The van der Waals surface area contributed by atoms with E-state index in [0.29, 0.717) is 5.65 Å². The van der Waals surface area contributed by atoms with E-state index in [4.69, 9.17) is 4.55 Å². The molecule has 12 heteroatoms. The molecule has 2 N–H and O–H groups in total. The van der Waals surface area contributed by atoms with Gasteiger partial charge in [-0.3, -0.25) is 4.55 Å². The van der Waals surface area contributed by atoms with Gasteiger partial charge in [-0.05, 0) is 0 Å². The lowest BCUT2D eigenvalue weighted by atomic mass is 10.3. The average Bonchev–Trinajstić information content (AvgIpc) is 3.14. The number of nitrogens with zero attached hydrogens (tertiary/aromatic N) is 7. The van der Waals surface area contributed by atoms with E-state index in [9.17, 15) is 8.42 Å². The fourth-order valence-corrected chi connectivity index (χ4v) is 2.44. The van der Waals surface area contributed by atoms with Gasteiger partial charge in [0.1, 0.15) is 30.2 Å². The molecule has 22 heavy (non-hydrogen) atoms. The minimum absolute atomic E-state index is 0.00231. The highest BCUT2D eigenvalue weighted by atomic mass is 32.2. The fraction of sp³-hybridized carbons (Fsp3) is 0.100. The summed E-state index contributed by atoms with van der Waals surface area (Å²) >= 11 is 0. The van der Waals surface area contributed by atoms with Crippen molar-refractivity contribution in [1.82, 2.24) is 19.9 Å². The molecule has 2 aliphatic heterocycles. The lowest BCUT2D eigenvalue weighted by Crippen LogP contribution is -2.43. The summed E-state index contributed by atoms with van der Waals surface area (Å²) in [5, 5.41) is 0. The van der Waals surface area contributed by atoms with Gasteiger partial charge < -0.3 is 4.98 Å². The molecule has 4 heterocycles. The van der Waals surface area contributed by atoms with Crippen molar-refractivity contribution in [1.29, 1.82) is 0 Å². The van der Waals surface area contributed by atoms with Crippen molar-refractivity contribution >= 4 is 45.9 Å². The summed E-state index contributed by atoms with van der Waals surface area (Å²) in [5.41, 5.74) is 1.58. The smallest absolute Gasteiger partial charge is 0.325 e. The molecule has 0 fully saturated rings. The minimum atomic E-state index is -4.44. The van der Waals surface area contributed by atoms with Crippen LogP contribution in [-0.4, -0.2) is 62.5 Å². The summed E-state index contributed by atoms with van der Waals surface area (Å²) in [6, 6.07) is 0. The van der Waals surface area contributed by atoms with Crippen LogP contribution < -0.4 is 0 Å². The van der Waals surface area contributed by atoms with Crippen molar-refractivity contribution in [3.63, 3.8) is 0 Å². The molecule has 1 unspecified atom stereocenters. The van der Waals surface area contributed by atoms with Gasteiger partial charge in [-0.1, -0.05) is 0 Å². The SMILES string of the molecule is O=S(=O)(O)C12N=CN=CC1=NC=N2.c1ncc2[nH]cnc2n1. The van der Waals surface area contributed by atoms with Gasteiger partial charge in [0.2, 0.25) is 0 Å². The van der Waals surface area contributed by atoms with E-state index in [1.807, 2.05) is 0 Å². The highest BCUT2D eigenvalue weighted by molar-refractivity contribution is 7.88. The van der Waals surface area contributed by atoms with Crippen LogP contribution in [0.4, 0.5) is 0 Å². The van der Waals surface area contributed by atoms with Gasteiger partial charge in [0.05, 0.1) is 18.7 Å². The Morgan fingerprint density at radius 3 is 2.73 bits per heavy atom. The van der Waals surface area contributed by atoms with Crippen molar-refractivity contribution in [3.05, 3.63) is 18.9 Å². The maximum atomic E-state index is 11.0. The largest absolute Gasteiger partial charge is 0.342 e. The summed E-state index contributed by atoms with van der Waals surface area (Å²) in [5.74, 6) is 0. The number of H-pyrrole nitrogens is 1. The van der Waals surface area contributed by atoms with E-state index in [-0.39, 0.29) is 5.71 Å². The van der Waals surface area contributed by atoms with Gasteiger partial charge in [-0.15, -0.1) is 0 Å². The molecule has 0 spiro atoms. The second-order valence-corrected chi connectivity index (χ2v) is 5.55. The second-order valence-electron chi connectivity index (χ2n) is 4.03. The number of imidazole rings is 1. The topological polar surface area (TPSA) is 158 Å². The van der Waals surface area contributed by atoms with Crippen molar-refractivity contribution in [2.45, 2.75) is 4.99 Å². The highest BCUT2D eigenvalue weighted by Crippen LogP contribution is 2.26. The molecule has 11 nitrogen and oxygen atoms in total. The fourth-order valence-electron chi connectivity index (χ4n) is 1.71. The third-order valence-corrected chi connectivity index (χ3v) is 3.86. The number of hydrogen-bond donors (Lipinski definition) is 2. The summed E-state index contributed by atoms with van der Waals surface area (Å²) in [6.07, 6.45) is 7.98. The van der Waals surface area contributed by atoms with Crippen LogP contribution in [-0.2, 0) is 10.1 Å². The van der Waals surface area contributed by atoms with E-state index < -0.39 is 15.1 Å². The van der Waals surface area contributed by atoms with Crippen LogP contribution in [0.15, 0.2) is 38.8 Å². The molecule has 0 amide bonds. The van der Waals surface area contributed by atoms with E-state index in [2.05, 4.69) is 39.9 Å². The molecule has 1 atom stereocenters. The van der Waals surface area contributed by atoms with Gasteiger partial charge in [0.15, 0.2) is 5.65 Å². The number of nitrogens with one attached hydrogen (secondary N) is 1. The Hall–Kier alpha value is -2.86. The molecular weight excluding hydrogens is 312 g/mol. The van der Waals surface area contributed by atoms with Crippen LogP contribution in [0.5, 0.6) is 0 Å². The van der Waals surface area contributed by atoms with Crippen LogP contribution in [0.3, 0.4) is 0 Å². The number of hydrogen-bond acceptors (Lipinski definition) is 9. The normalized spacial score (nSPS) is 22.1. The van der Waals surface area contributed by atoms with Crippen LogP contribution in [0.1, 0.15) is 0 Å². The molecule has 0 aromatic carbocycles. The van der Waals surface area contributed by atoms with Crippen LogP contribution in [0.2, 0.25) is 0 Å². The Balaban J connectivity index is 0.000000139. The molecule has 0 radical (unpaired) electrons. The van der Waals surface area contributed by atoms with Gasteiger partial charge in [0.25, 0.3) is 0 Å². The first-order chi connectivity index (χ1) is 10.5. The molecule has 112 valence electrons. The lowest BCUT2D eigenvalue weighted by Gasteiger charge is -2.18. The molecular formula is C10H8N8O3S. The van der Waals surface area contributed by atoms with Gasteiger partial charge in [-0.2, -0.15) is 8.42 Å². The maximum Gasteiger partial charge on any atom is 0.325 e. The Kier molecular flexibility index (Phi) is 3.30. The first-order valence-electron chi connectivity index (χ1n) is 5.78. The van der Waals surface area contributed by atoms with E-state index in [1.165, 1.54) is 12.5 Å². The third-order valence-electron chi connectivity index (χ3n) is 2.72. The van der Waals surface area contributed by atoms with Crippen molar-refractivity contribution in [3.8, 4) is 0 Å². The zero-order chi connectivity index (χ0) is 15.6. The number of aromatic amines is 1. The van der Waals surface area contributed by atoms with E-state index in [1.54, 1.807) is 12.5 Å². The summed E-state index contributed by atoms with van der Waals surface area (Å²) < 4.78 is 30.9. The lowest BCUT2D eigenvalue weighted by molar-refractivity contribution is 0.459. The van der Waals surface area contributed by atoms with Crippen LogP contribution >= 0.6 is 0 Å². The monoisotopic (exact) mass is 320 g/mol. The van der Waals surface area contributed by atoms with Gasteiger partial charge in [0, 0.05) is 0 Å². The number of aromatic nitrogens is 4. The minimum Gasteiger partial charge on any atom is -0.342 e. The zero-order valence-electron chi connectivity index (χ0n) is 10.8.